The average Bonchev–Trinajstić information content (AvgIpc) is 3.14. The summed E-state index contributed by atoms with van der Waals surface area (Å²) in [6.45, 7) is 9.55. The Balaban J connectivity index is 2.35. The second-order valence-electron chi connectivity index (χ2n) is 14.7. The molecule has 0 unspecified atom stereocenters. The number of amides is 3. The lowest BCUT2D eigenvalue weighted by atomic mass is 9.82. The van der Waals surface area contributed by atoms with Crippen LogP contribution in [0.15, 0.2) is 58.4 Å². The molecule has 0 spiro atoms. The molecule has 0 saturated heterocycles. The van der Waals surface area contributed by atoms with Crippen molar-refractivity contribution >= 4 is 35.3 Å². The number of unbranched alkanes of at least 4 members (excludes halogenated alkanes) is 2. The number of allylic oxidation sites excluding steroid dienone is 6. The topological polar surface area (TPSA) is 238 Å². The fraction of sp³-hybridized carbons (Fsp3) is 0.610. The lowest BCUT2D eigenvalue weighted by Gasteiger charge is -2.30. The van der Waals surface area contributed by atoms with Crippen LogP contribution in [0.1, 0.15) is 86.0 Å². The number of rotatable bonds is 15. The minimum atomic E-state index is -1.01. The van der Waals surface area contributed by atoms with E-state index in [1.54, 1.807) is 45.1 Å². The van der Waals surface area contributed by atoms with Crippen LogP contribution < -0.4 is 27.4 Å². The van der Waals surface area contributed by atoms with Crippen LogP contribution in [0.2, 0.25) is 0 Å². The summed E-state index contributed by atoms with van der Waals surface area (Å²) in [5, 5.41) is 20.1. The summed E-state index contributed by atoms with van der Waals surface area (Å²) in [5.74, 6) is -2.50. The molecule has 2 rings (SSSR count). The van der Waals surface area contributed by atoms with Gasteiger partial charge in [-0.3, -0.25) is 24.0 Å². The highest BCUT2D eigenvalue weighted by Crippen LogP contribution is 2.30. The summed E-state index contributed by atoms with van der Waals surface area (Å²) < 4.78 is 16.7. The number of carbonyl (C=O) groups excluding carboxylic acids is 6. The quantitative estimate of drug-likeness (QED) is 0.0799. The van der Waals surface area contributed by atoms with Crippen LogP contribution in [0.5, 0.6) is 0 Å². The molecule has 0 radical (unpaired) electrons. The maximum Gasteiger partial charge on any atom is 0.405 e. The fourth-order valence-corrected chi connectivity index (χ4v) is 6.79. The lowest BCUT2D eigenvalue weighted by Crippen LogP contribution is -2.46. The van der Waals surface area contributed by atoms with Gasteiger partial charge in [-0.15, -0.1) is 0 Å². The van der Waals surface area contributed by atoms with Crippen LogP contribution in [0.3, 0.4) is 0 Å². The first-order valence-electron chi connectivity index (χ1n) is 19.3. The van der Waals surface area contributed by atoms with E-state index in [0.717, 1.165) is 6.42 Å². The zero-order chi connectivity index (χ0) is 41.9. The monoisotopic (exact) mass is 785 g/mol. The molecule has 2 aliphatic carbocycles. The predicted molar refractivity (Wildman–Crippen MR) is 212 cm³/mol. The van der Waals surface area contributed by atoms with Gasteiger partial charge in [-0.25, -0.2) is 4.79 Å². The Morgan fingerprint density at radius 3 is 2.34 bits per heavy atom. The van der Waals surface area contributed by atoms with Gasteiger partial charge in [-0.1, -0.05) is 38.2 Å². The van der Waals surface area contributed by atoms with E-state index >= 15 is 0 Å². The first kappa shape index (κ1) is 47.7. The summed E-state index contributed by atoms with van der Waals surface area (Å²) in [4.78, 5) is 77.2. The van der Waals surface area contributed by atoms with Crippen molar-refractivity contribution in [3.63, 3.8) is 0 Å². The van der Waals surface area contributed by atoms with Gasteiger partial charge in [0, 0.05) is 57.7 Å². The number of aliphatic hydroxyl groups is 1. The number of primary amides is 1. The van der Waals surface area contributed by atoms with Gasteiger partial charge in [-0.2, -0.15) is 0 Å². The van der Waals surface area contributed by atoms with Gasteiger partial charge in [0.25, 0.3) is 0 Å². The number of ether oxygens (including phenoxy) is 3. The Kier molecular flexibility index (Phi) is 20.7. The number of nitrogens with one attached hydrogen (secondary N) is 3. The Labute approximate surface area is 330 Å². The van der Waals surface area contributed by atoms with Gasteiger partial charge >= 0.3 is 6.09 Å². The van der Waals surface area contributed by atoms with E-state index < -0.39 is 54.0 Å². The van der Waals surface area contributed by atoms with Crippen LogP contribution in [-0.4, -0.2) is 105 Å². The lowest BCUT2D eigenvalue weighted by molar-refractivity contribution is -0.128. The number of carbonyl (C=O) groups is 6. The average molecular weight is 786 g/mol. The Bertz CT molecular complexity index is 1560. The van der Waals surface area contributed by atoms with E-state index in [9.17, 15) is 33.9 Å². The first-order valence-corrected chi connectivity index (χ1v) is 19.3. The zero-order valence-electron chi connectivity index (χ0n) is 34.0. The minimum Gasteiger partial charge on any atom is -0.439 e. The molecule has 0 saturated carbocycles. The Morgan fingerprint density at radius 1 is 1.02 bits per heavy atom. The van der Waals surface area contributed by atoms with Crippen molar-refractivity contribution in [2.24, 2.45) is 23.3 Å². The maximum absolute atomic E-state index is 14.0. The molecule has 0 aliphatic heterocycles. The molecule has 8 N–H and O–H groups in total. The van der Waals surface area contributed by atoms with E-state index in [1.165, 1.54) is 27.2 Å². The number of Topliss-reactive ketones (excluding diaryl/α,β-unsaturated/α-hetero) is 2. The van der Waals surface area contributed by atoms with E-state index in [-0.39, 0.29) is 53.2 Å². The molecule has 0 fully saturated rings. The molecule has 2 aliphatic rings. The van der Waals surface area contributed by atoms with Crippen molar-refractivity contribution in [1.82, 2.24) is 16.0 Å². The Hall–Kier alpha value is -4.44. The van der Waals surface area contributed by atoms with Gasteiger partial charge in [0.15, 0.2) is 17.7 Å². The van der Waals surface area contributed by atoms with Crippen LogP contribution in [0, 0.1) is 11.8 Å². The van der Waals surface area contributed by atoms with Crippen molar-refractivity contribution in [2.75, 3.05) is 33.9 Å². The molecule has 0 aromatic rings. The van der Waals surface area contributed by atoms with Crippen molar-refractivity contribution in [1.29, 1.82) is 0 Å². The molecular formula is C41H63N5O10. The predicted octanol–water partition coefficient (Wildman–Crippen LogP) is 2.77. The smallest absolute Gasteiger partial charge is 0.405 e. The fourth-order valence-electron chi connectivity index (χ4n) is 6.79. The molecule has 312 valence electrons. The first-order chi connectivity index (χ1) is 26.5. The van der Waals surface area contributed by atoms with Gasteiger partial charge in [0.05, 0.1) is 17.9 Å². The van der Waals surface area contributed by atoms with Crippen molar-refractivity contribution in [2.45, 2.75) is 116 Å². The molecule has 2 bridgehead atoms. The van der Waals surface area contributed by atoms with E-state index in [0.29, 0.717) is 62.9 Å². The number of hydrogen-bond acceptors (Lipinski definition) is 12. The van der Waals surface area contributed by atoms with Gasteiger partial charge in [-0.05, 0) is 88.5 Å². The standard InChI is InChI=1S/C41H63N5O10/c1-24-19-30-36(44-17-10-11-18-45-40(52)31(46-28(5)47)14-8-9-16-42)33(49)23-29(38(30)51)22-32(48)25(2)13-12-15-34(54-6)39(56-41(43)53)27(4)21-26(3)37(50)35(20-24)55-7/h12-13,15,21,23-24,26,31,34-35,37,39,44,50H,8-11,14,16-20,22,42H2,1-7H3,(H2,43,53)(H,45,52)(H,46,47)/b15-12-,25-13+,27-21+/t24-,26+,31+,34+,35+,37-,39+/m1/s1. The second-order valence-corrected chi connectivity index (χ2v) is 14.7. The van der Waals surface area contributed by atoms with Gasteiger partial charge in [0.2, 0.25) is 17.6 Å². The van der Waals surface area contributed by atoms with Crippen LogP contribution in [0.25, 0.3) is 0 Å². The molecule has 15 heteroatoms. The number of nitrogens with two attached hydrogens (primary N) is 2. The number of fused-ring (bicyclic) bond motifs is 2. The molecule has 7 atom stereocenters. The van der Waals surface area contributed by atoms with Gasteiger partial charge < -0.3 is 46.7 Å². The molecule has 0 aromatic heterocycles. The summed E-state index contributed by atoms with van der Waals surface area (Å²) in [6, 6.07) is -0.650. The van der Waals surface area contributed by atoms with E-state index in [4.69, 9.17) is 25.7 Å². The second kappa shape index (κ2) is 24.3. The largest absolute Gasteiger partial charge is 0.439 e. The molecule has 0 aromatic carbocycles. The van der Waals surface area contributed by atoms with Gasteiger partial charge in [0.1, 0.15) is 12.1 Å². The van der Waals surface area contributed by atoms with Crippen molar-refractivity contribution in [3.05, 3.63) is 58.4 Å². The summed E-state index contributed by atoms with van der Waals surface area (Å²) in [5.41, 5.74) is 12.3. The van der Waals surface area contributed by atoms with Crippen LogP contribution >= 0.6 is 0 Å². The zero-order valence-corrected chi connectivity index (χ0v) is 34.0. The summed E-state index contributed by atoms with van der Waals surface area (Å²) in [6.07, 6.45) is 6.52. The van der Waals surface area contributed by atoms with Crippen LogP contribution in [-0.2, 0) is 38.2 Å². The minimum absolute atomic E-state index is 0.0757. The SMILES string of the molecule is CO[C@H]1/C=C\C=C(/C)C(=O)CC2=CC(=O)C(NCCCCNC(=O)[C@H](CCCCN)NC(C)=O)=C(C[C@@H](C)C[C@H](OC)[C@H](O)[C@@H](C)/C=C(\C)[C@@H]1OC(N)=O)C2=O. The van der Waals surface area contributed by atoms with E-state index in [2.05, 4.69) is 16.0 Å². The third-order valence-electron chi connectivity index (χ3n) is 9.90. The third kappa shape index (κ3) is 15.2. The number of methoxy groups -OCH3 is 2. The van der Waals surface area contributed by atoms with Crippen molar-refractivity contribution < 1.29 is 48.1 Å². The molecule has 56 heavy (non-hydrogen) atoms. The molecule has 0 heterocycles. The number of ketones is 3. The maximum atomic E-state index is 14.0. The summed E-state index contributed by atoms with van der Waals surface area (Å²) in [7, 11) is 2.92. The highest BCUT2D eigenvalue weighted by molar-refractivity contribution is 6.24. The number of hydrogen-bond donors (Lipinski definition) is 6. The highest BCUT2D eigenvalue weighted by Gasteiger charge is 2.33. The molecular weight excluding hydrogens is 722 g/mol. The normalized spacial score (nSPS) is 27.2. The summed E-state index contributed by atoms with van der Waals surface area (Å²) >= 11 is 0. The highest BCUT2D eigenvalue weighted by atomic mass is 16.6. The molecule has 15 nitrogen and oxygen atoms in total. The van der Waals surface area contributed by atoms with Crippen LogP contribution in [0.4, 0.5) is 4.79 Å². The van der Waals surface area contributed by atoms with E-state index in [1.807, 2.05) is 6.92 Å². The Morgan fingerprint density at radius 2 is 1.71 bits per heavy atom. The number of aliphatic hydroxyl groups excluding tert-OH is 1. The molecule has 3 amide bonds. The third-order valence-corrected chi connectivity index (χ3v) is 9.90. The van der Waals surface area contributed by atoms with Crippen molar-refractivity contribution in [3.8, 4) is 0 Å².